The van der Waals surface area contributed by atoms with Crippen LogP contribution >= 0.6 is 0 Å². The Bertz CT molecular complexity index is 868. The molecule has 0 aliphatic heterocycles. The Balaban J connectivity index is 1.65. The monoisotopic (exact) mass is 350 g/mol. The number of rotatable bonds is 4. The zero-order valence-electron chi connectivity index (χ0n) is 13.5. The highest BCUT2D eigenvalue weighted by Gasteiger charge is 2.11. The second-order valence-corrected chi connectivity index (χ2v) is 5.35. The molecule has 6 heteroatoms. The third kappa shape index (κ3) is 4.18. The smallest absolute Gasteiger partial charge is 0.343 e. The molecule has 0 fully saturated rings. The lowest BCUT2D eigenvalue weighted by Gasteiger charge is -2.07. The average molecular weight is 350 g/mol. The first-order valence-electron chi connectivity index (χ1n) is 7.64. The summed E-state index contributed by atoms with van der Waals surface area (Å²) in [6, 6.07) is 17.5. The minimum Gasteiger partial charge on any atom is -0.508 e. The number of benzene rings is 3. The van der Waals surface area contributed by atoms with Crippen LogP contribution in [0.3, 0.4) is 0 Å². The fourth-order valence-corrected chi connectivity index (χ4v) is 2.17. The third-order valence-electron chi connectivity index (χ3n) is 3.41. The quantitative estimate of drug-likeness (QED) is 0.552. The van der Waals surface area contributed by atoms with E-state index >= 15 is 0 Å². The Labute approximate surface area is 148 Å². The van der Waals surface area contributed by atoms with Gasteiger partial charge in [-0.1, -0.05) is 12.1 Å². The molecule has 3 aromatic carbocycles. The van der Waals surface area contributed by atoms with E-state index in [-0.39, 0.29) is 34.1 Å². The predicted molar refractivity (Wildman–Crippen MR) is 92.6 cm³/mol. The molecule has 0 aliphatic carbocycles. The van der Waals surface area contributed by atoms with Gasteiger partial charge in [0, 0.05) is 0 Å². The fraction of sp³-hybridized carbons (Fsp3) is 0. The summed E-state index contributed by atoms with van der Waals surface area (Å²) < 4.78 is 10.4. The zero-order chi connectivity index (χ0) is 18.5. The van der Waals surface area contributed by atoms with Crippen molar-refractivity contribution in [2.75, 3.05) is 0 Å². The maximum atomic E-state index is 12.0. The fourth-order valence-electron chi connectivity index (χ4n) is 2.17. The van der Waals surface area contributed by atoms with Gasteiger partial charge < -0.3 is 19.7 Å². The van der Waals surface area contributed by atoms with Gasteiger partial charge in [0.25, 0.3) is 0 Å². The van der Waals surface area contributed by atoms with E-state index in [1.807, 2.05) is 0 Å². The van der Waals surface area contributed by atoms with Gasteiger partial charge in [-0.3, -0.25) is 0 Å². The highest BCUT2D eigenvalue weighted by atomic mass is 16.5. The molecule has 0 saturated carbocycles. The summed E-state index contributed by atoms with van der Waals surface area (Å²) in [6.07, 6.45) is 0. The van der Waals surface area contributed by atoms with Gasteiger partial charge in [-0.2, -0.15) is 0 Å². The summed E-state index contributed by atoms with van der Waals surface area (Å²) in [4.78, 5) is 24.0. The van der Waals surface area contributed by atoms with Crippen molar-refractivity contribution in [3.63, 3.8) is 0 Å². The van der Waals surface area contributed by atoms with Crippen molar-refractivity contribution in [1.29, 1.82) is 0 Å². The van der Waals surface area contributed by atoms with Crippen molar-refractivity contribution < 1.29 is 29.3 Å². The van der Waals surface area contributed by atoms with E-state index < -0.39 is 11.9 Å². The van der Waals surface area contributed by atoms with Crippen LogP contribution in [0.15, 0.2) is 72.8 Å². The molecule has 0 radical (unpaired) electrons. The van der Waals surface area contributed by atoms with Crippen molar-refractivity contribution >= 4 is 11.9 Å². The molecule has 0 spiro atoms. The van der Waals surface area contributed by atoms with Crippen molar-refractivity contribution in [1.82, 2.24) is 0 Å². The molecular formula is C20H14O6. The van der Waals surface area contributed by atoms with Crippen LogP contribution in [0, 0.1) is 0 Å². The summed E-state index contributed by atoms with van der Waals surface area (Å²) in [5.74, 6) is -0.788. The number of carbonyl (C=O) groups excluding carboxylic acids is 2. The lowest BCUT2D eigenvalue weighted by atomic mass is 10.2. The van der Waals surface area contributed by atoms with Gasteiger partial charge in [-0.25, -0.2) is 9.59 Å². The topological polar surface area (TPSA) is 93.1 Å². The molecule has 0 aromatic heterocycles. The molecule has 0 atom stereocenters. The molecule has 0 aliphatic rings. The maximum absolute atomic E-state index is 12.0. The molecule has 0 unspecified atom stereocenters. The largest absolute Gasteiger partial charge is 0.508 e. The Morgan fingerprint density at radius 1 is 0.615 bits per heavy atom. The molecule has 0 amide bonds. The minimum absolute atomic E-state index is 0.0336. The number of phenolic OH excluding ortho intramolecular Hbond substituents is 2. The third-order valence-corrected chi connectivity index (χ3v) is 3.41. The van der Waals surface area contributed by atoms with Crippen LogP contribution in [0.1, 0.15) is 20.7 Å². The summed E-state index contributed by atoms with van der Waals surface area (Å²) in [5.41, 5.74) is 0.425. The summed E-state index contributed by atoms with van der Waals surface area (Å²) in [6.45, 7) is 0. The molecular weight excluding hydrogens is 336 g/mol. The highest BCUT2D eigenvalue weighted by Crippen LogP contribution is 2.21. The standard InChI is InChI=1S/C20H14O6/c21-15-5-1-3-13(11-15)19(23)25-17-7-9-18(10-8-17)26-20(24)14-4-2-6-16(22)12-14/h1-12,21-22H. The number of hydrogen-bond donors (Lipinski definition) is 2. The van der Waals surface area contributed by atoms with Crippen LogP contribution in [0.2, 0.25) is 0 Å². The molecule has 6 nitrogen and oxygen atoms in total. The first-order chi connectivity index (χ1) is 12.5. The zero-order valence-corrected chi connectivity index (χ0v) is 13.5. The van der Waals surface area contributed by atoms with E-state index in [1.165, 1.54) is 72.8 Å². The van der Waals surface area contributed by atoms with Crippen molar-refractivity contribution in [2.24, 2.45) is 0 Å². The van der Waals surface area contributed by atoms with Crippen molar-refractivity contribution in [2.45, 2.75) is 0 Å². The SMILES string of the molecule is O=C(Oc1ccc(OC(=O)c2cccc(O)c2)cc1)c1cccc(O)c1. The van der Waals surface area contributed by atoms with E-state index in [0.29, 0.717) is 0 Å². The molecule has 26 heavy (non-hydrogen) atoms. The number of hydrogen-bond acceptors (Lipinski definition) is 6. The summed E-state index contributed by atoms with van der Waals surface area (Å²) in [7, 11) is 0. The number of aromatic hydroxyl groups is 2. The van der Waals surface area contributed by atoms with Gasteiger partial charge >= 0.3 is 11.9 Å². The van der Waals surface area contributed by atoms with Crippen molar-refractivity contribution in [3.8, 4) is 23.0 Å². The number of ether oxygens (including phenoxy) is 2. The van der Waals surface area contributed by atoms with E-state index in [1.54, 1.807) is 0 Å². The molecule has 0 bridgehead atoms. The Morgan fingerprint density at radius 2 is 1.00 bits per heavy atom. The summed E-state index contributed by atoms with van der Waals surface area (Å²) in [5, 5.41) is 18.8. The minimum atomic E-state index is -0.620. The second-order valence-electron chi connectivity index (χ2n) is 5.35. The molecule has 3 rings (SSSR count). The van der Waals surface area contributed by atoms with Crippen molar-refractivity contribution in [3.05, 3.63) is 83.9 Å². The first-order valence-corrected chi connectivity index (χ1v) is 7.64. The Hall–Kier alpha value is -3.80. The van der Waals surface area contributed by atoms with Crippen LogP contribution in [0.25, 0.3) is 0 Å². The number of esters is 2. The van der Waals surface area contributed by atoms with Crippen LogP contribution in [-0.2, 0) is 0 Å². The van der Waals surface area contributed by atoms with E-state index in [9.17, 15) is 19.8 Å². The van der Waals surface area contributed by atoms with Crippen LogP contribution in [0.5, 0.6) is 23.0 Å². The van der Waals surface area contributed by atoms with Crippen LogP contribution in [0.4, 0.5) is 0 Å². The van der Waals surface area contributed by atoms with Crippen LogP contribution < -0.4 is 9.47 Å². The lowest BCUT2D eigenvalue weighted by molar-refractivity contribution is 0.0719. The summed E-state index contributed by atoms with van der Waals surface area (Å²) >= 11 is 0. The predicted octanol–water partition coefficient (Wildman–Crippen LogP) is 3.54. The Kier molecular flexibility index (Phi) is 4.85. The van der Waals surface area contributed by atoms with Gasteiger partial charge in [0.1, 0.15) is 23.0 Å². The molecule has 3 aromatic rings. The average Bonchev–Trinajstić information content (AvgIpc) is 2.63. The van der Waals surface area contributed by atoms with Gasteiger partial charge in [0.05, 0.1) is 11.1 Å². The van der Waals surface area contributed by atoms with Gasteiger partial charge in [-0.05, 0) is 60.7 Å². The molecule has 130 valence electrons. The Morgan fingerprint density at radius 3 is 1.35 bits per heavy atom. The van der Waals surface area contributed by atoms with E-state index in [4.69, 9.17) is 9.47 Å². The highest BCUT2D eigenvalue weighted by molar-refractivity contribution is 5.92. The van der Waals surface area contributed by atoms with Gasteiger partial charge in [0.2, 0.25) is 0 Å². The molecule has 0 heterocycles. The van der Waals surface area contributed by atoms with Crippen LogP contribution in [-0.4, -0.2) is 22.2 Å². The van der Waals surface area contributed by atoms with E-state index in [0.717, 1.165) is 0 Å². The first kappa shape index (κ1) is 17.0. The molecule has 2 N–H and O–H groups in total. The lowest BCUT2D eigenvalue weighted by Crippen LogP contribution is -2.09. The number of carbonyl (C=O) groups is 2. The van der Waals surface area contributed by atoms with Gasteiger partial charge in [0.15, 0.2) is 0 Å². The molecule has 0 saturated heterocycles. The maximum Gasteiger partial charge on any atom is 0.343 e. The van der Waals surface area contributed by atoms with E-state index in [2.05, 4.69) is 0 Å². The normalized spacial score (nSPS) is 10.2. The van der Waals surface area contributed by atoms with Gasteiger partial charge in [-0.15, -0.1) is 0 Å². The second kappa shape index (κ2) is 7.40. The number of phenols is 2.